The number of carbonyl (C=O) groups excluding carboxylic acids is 1. The van der Waals surface area contributed by atoms with Crippen molar-refractivity contribution in [1.29, 1.82) is 0 Å². The Kier molecular flexibility index (Phi) is 4.36. The molecule has 0 bridgehead atoms. The van der Waals surface area contributed by atoms with Crippen LogP contribution < -0.4 is 0 Å². The van der Waals surface area contributed by atoms with E-state index in [-0.39, 0.29) is 30.7 Å². The van der Waals surface area contributed by atoms with Crippen LogP contribution in [-0.4, -0.2) is 58.0 Å². The number of aliphatic hydroxyl groups is 1. The molecule has 2 heterocycles. The number of nitrogens with zero attached hydrogens (tertiary/aromatic N) is 2. The Labute approximate surface area is 110 Å². The first kappa shape index (κ1) is 13.8. The first-order valence-corrected chi connectivity index (χ1v) is 6.50. The number of amides is 1. The van der Waals surface area contributed by atoms with E-state index >= 15 is 0 Å². The Morgan fingerprint density at radius 3 is 2.84 bits per heavy atom. The lowest BCUT2D eigenvalue weighted by molar-refractivity contribution is -0.146. The van der Waals surface area contributed by atoms with Crippen molar-refractivity contribution < 1.29 is 24.6 Å². The molecular weight excluding hydrogens is 252 g/mol. The first-order valence-electron chi connectivity index (χ1n) is 6.50. The minimum atomic E-state index is -1.15. The summed E-state index contributed by atoms with van der Waals surface area (Å²) in [4.78, 5) is 29.7. The molecule has 0 aromatic carbocycles. The maximum Gasteiger partial charge on any atom is 0.353 e. The quantitative estimate of drug-likeness (QED) is 0.748. The molecule has 0 aliphatic carbocycles. The zero-order chi connectivity index (χ0) is 13.8. The van der Waals surface area contributed by atoms with Crippen LogP contribution in [0.15, 0.2) is 5.16 Å². The lowest BCUT2D eigenvalue weighted by Gasteiger charge is -2.36. The highest BCUT2D eigenvalue weighted by Crippen LogP contribution is 2.23. The van der Waals surface area contributed by atoms with Crippen molar-refractivity contribution in [3.63, 3.8) is 0 Å². The molecule has 0 saturated carbocycles. The standard InChI is InChI=1S/C12H18N2O5/c15-6-4-8-3-1-2-5-14(8)11(16)10-7-9(12(17)18)13-19-10/h8,10,15H,1-7H2,(H,17,18). The zero-order valence-electron chi connectivity index (χ0n) is 10.6. The van der Waals surface area contributed by atoms with Gasteiger partial charge in [-0.15, -0.1) is 0 Å². The predicted octanol–water partition coefficient (Wildman–Crippen LogP) is -0.0206. The number of aliphatic hydroxyl groups excluding tert-OH is 1. The van der Waals surface area contributed by atoms with Gasteiger partial charge in [0.25, 0.3) is 5.91 Å². The second-order valence-corrected chi connectivity index (χ2v) is 4.83. The van der Waals surface area contributed by atoms with E-state index < -0.39 is 12.1 Å². The van der Waals surface area contributed by atoms with Crippen molar-refractivity contribution >= 4 is 17.6 Å². The van der Waals surface area contributed by atoms with Gasteiger partial charge in [0.05, 0.1) is 0 Å². The molecule has 2 unspecified atom stereocenters. The molecule has 19 heavy (non-hydrogen) atoms. The van der Waals surface area contributed by atoms with Crippen LogP contribution in [0.1, 0.15) is 32.1 Å². The smallest absolute Gasteiger partial charge is 0.353 e. The number of carboxylic acids is 1. The third kappa shape index (κ3) is 3.04. The Balaban J connectivity index is 1.97. The van der Waals surface area contributed by atoms with E-state index in [2.05, 4.69) is 5.16 Å². The highest BCUT2D eigenvalue weighted by Gasteiger charge is 2.37. The van der Waals surface area contributed by atoms with Crippen molar-refractivity contribution in [2.75, 3.05) is 13.2 Å². The first-order chi connectivity index (χ1) is 9.13. The van der Waals surface area contributed by atoms with Crippen molar-refractivity contribution in [1.82, 2.24) is 4.90 Å². The van der Waals surface area contributed by atoms with Crippen LogP contribution in [0.5, 0.6) is 0 Å². The van der Waals surface area contributed by atoms with Gasteiger partial charge in [-0.3, -0.25) is 4.79 Å². The predicted molar refractivity (Wildman–Crippen MR) is 65.6 cm³/mol. The molecule has 1 fully saturated rings. The van der Waals surface area contributed by atoms with Crippen molar-refractivity contribution in [3.05, 3.63) is 0 Å². The summed E-state index contributed by atoms with van der Waals surface area (Å²) in [5, 5.41) is 21.2. The number of piperidine rings is 1. The normalized spacial score (nSPS) is 26.8. The summed E-state index contributed by atoms with van der Waals surface area (Å²) < 4.78 is 0. The topological polar surface area (TPSA) is 99.4 Å². The van der Waals surface area contributed by atoms with Crippen LogP contribution in [0.3, 0.4) is 0 Å². The van der Waals surface area contributed by atoms with E-state index in [9.17, 15) is 9.59 Å². The Bertz CT molecular complexity index is 394. The van der Waals surface area contributed by atoms with E-state index in [1.165, 1.54) is 0 Å². The van der Waals surface area contributed by atoms with Gasteiger partial charge in [0.2, 0.25) is 6.10 Å². The van der Waals surface area contributed by atoms with Crippen molar-refractivity contribution in [2.45, 2.75) is 44.2 Å². The molecule has 2 aliphatic rings. The van der Waals surface area contributed by atoms with Gasteiger partial charge in [0.1, 0.15) is 0 Å². The van der Waals surface area contributed by atoms with E-state index in [0.29, 0.717) is 13.0 Å². The number of carbonyl (C=O) groups is 2. The lowest BCUT2D eigenvalue weighted by Crippen LogP contribution is -2.48. The monoisotopic (exact) mass is 270 g/mol. The summed E-state index contributed by atoms with van der Waals surface area (Å²) in [7, 11) is 0. The van der Waals surface area contributed by atoms with Gasteiger partial charge in [-0.1, -0.05) is 5.16 Å². The fourth-order valence-corrected chi connectivity index (χ4v) is 2.56. The summed E-state index contributed by atoms with van der Waals surface area (Å²) >= 11 is 0. The van der Waals surface area contributed by atoms with E-state index in [1.807, 2.05) is 0 Å². The van der Waals surface area contributed by atoms with Crippen LogP contribution in [0.4, 0.5) is 0 Å². The number of oxime groups is 1. The molecule has 2 atom stereocenters. The Morgan fingerprint density at radius 2 is 2.21 bits per heavy atom. The highest BCUT2D eigenvalue weighted by molar-refractivity contribution is 6.36. The number of rotatable bonds is 4. The molecule has 7 heteroatoms. The third-order valence-corrected chi connectivity index (χ3v) is 3.56. The molecule has 7 nitrogen and oxygen atoms in total. The maximum atomic E-state index is 12.3. The molecule has 2 rings (SSSR count). The molecule has 0 spiro atoms. The van der Waals surface area contributed by atoms with Gasteiger partial charge in [-0.2, -0.15) is 0 Å². The maximum absolute atomic E-state index is 12.3. The van der Waals surface area contributed by atoms with Crippen LogP contribution >= 0.6 is 0 Å². The zero-order valence-corrected chi connectivity index (χ0v) is 10.6. The molecular formula is C12H18N2O5. The van der Waals surface area contributed by atoms with Gasteiger partial charge < -0.3 is 20.0 Å². The van der Waals surface area contributed by atoms with Crippen LogP contribution in [-0.2, 0) is 14.4 Å². The molecule has 1 amide bonds. The van der Waals surface area contributed by atoms with E-state index in [0.717, 1.165) is 19.3 Å². The summed E-state index contributed by atoms with van der Waals surface area (Å²) in [5.41, 5.74) is -0.117. The third-order valence-electron chi connectivity index (χ3n) is 3.56. The molecule has 2 aliphatic heterocycles. The van der Waals surface area contributed by atoms with Gasteiger partial charge >= 0.3 is 5.97 Å². The average molecular weight is 270 g/mol. The SMILES string of the molecule is O=C(O)C1=NOC(C(=O)N2CCCCC2CCO)C1. The fourth-order valence-electron chi connectivity index (χ4n) is 2.56. The molecule has 0 aromatic rings. The summed E-state index contributed by atoms with van der Waals surface area (Å²) in [6.45, 7) is 0.669. The molecule has 0 radical (unpaired) electrons. The van der Waals surface area contributed by atoms with Crippen LogP contribution in [0, 0.1) is 0 Å². The summed E-state index contributed by atoms with van der Waals surface area (Å²) in [5.74, 6) is -1.38. The highest BCUT2D eigenvalue weighted by atomic mass is 16.6. The lowest BCUT2D eigenvalue weighted by atomic mass is 9.98. The molecule has 2 N–H and O–H groups in total. The van der Waals surface area contributed by atoms with Gasteiger partial charge in [0.15, 0.2) is 5.71 Å². The van der Waals surface area contributed by atoms with Crippen LogP contribution in [0.2, 0.25) is 0 Å². The molecule has 106 valence electrons. The van der Waals surface area contributed by atoms with E-state index in [4.69, 9.17) is 15.1 Å². The van der Waals surface area contributed by atoms with Gasteiger partial charge in [-0.25, -0.2) is 4.79 Å². The van der Waals surface area contributed by atoms with Crippen LogP contribution in [0.25, 0.3) is 0 Å². The molecule has 0 aromatic heterocycles. The second-order valence-electron chi connectivity index (χ2n) is 4.83. The Hall–Kier alpha value is -1.63. The summed E-state index contributed by atoms with van der Waals surface area (Å²) in [6.07, 6.45) is 2.56. The van der Waals surface area contributed by atoms with Gasteiger partial charge in [-0.05, 0) is 25.7 Å². The number of hydrogen-bond donors (Lipinski definition) is 2. The molecule has 1 saturated heterocycles. The number of likely N-dealkylation sites (tertiary alicyclic amines) is 1. The number of carboxylic acid groups (broad SMARTS) is 1. The number of aliphatic carboxylic acids is 1. The second kappa shape index (κ2) is 6.01. The number of hydrogen-bond acceptors (Lipinski definition) is 5. The minimum absolute atomic E-state index is 0.0104. The average Bonchev–Trinajstić information content (AvgIpc) is 2.89. The fraction of sp³-hybridized carbons (Fsp3) is 0.750. The van der Waals surface area contributed by atoms with Gasteiger partial charge in [0, 0.05) is 25.6 Å². The minimum Gasteiger partial charge on any atom is -0.477 e. The van der Waals surface area contributed by atoms with Crippen molar-refractivity contribution in [3.8, 4) is 0 Å². The van der Waals surface area contributed by atoms with Crippen molar-refractivity contribution in [2.24, 2.45) is 5.16 Å². The summed E-state index contributed by atoms with van der Waals surface area (Å²) in [6, 6.07) is 0.0173. The largest absolute Gasteiger partial charge is 0.477 e. The Morgan fingerprint density at radius 1 is 1.42 bits per heavy atom. The van der Waals surface area contributed by atoms with E-state index in [1.54, 1.807) is 4.90 Å².